The molecule has 0 unspecified atom stereocenters. The van der Waals surface area contributed by atoms with E-state index in [1.54, 1.807) is 34.0 Å². The molecule has 3 heterocycles. The maximum atomic E-state index is 4.52. The predicted molar refractivity (Wildman–Crippen MR) is 224 cm³/mol. The van der Waals surface area contributed by atoms with Gasteiger partial charge in [-0.3, -0.25) is 0 Å². The number of fused-ring (bicyclic) bond motifs is 18. The molecule has 0 bridgehead atoms. The monoisotopic (exact) mass is 898 g/mol. The molecule has 12 rings (SSSR count). The molecule has 3 nitrogen and oxygen atoms in total. The minimum atomic E-state index is 0. The van der Waals surface area contributed by atoms with Crippen LogP contribution in [0.3, 0.4) is 0 Å². The van der Waals surface area contributed by atoms with Crippen molar-refractivity contribution in [3.63, 3.8) is 0 Å². The fourth-order valence-corrected chi connectivity index (χ4v) is 9.94. The third-order valence-electron chi connectivity index (χ3n) is 9.63. The van der Waals surface area contributed by atoms with Crippen molar-refractivity contribution in [1.82, 2.24) is 15.0 Å². The Labute approximate surface area is 324 Å². The molecule has 0 aliphatic carbocycles. The van der Waals surface area contributed by atoms with Crippen LogP contribution in [0.25, 0.3) is 95.3 Å². The number of nitrogens with zero attached hydrogens (tertiary/aromatic N) is 3. The second kappa shape index (κ2) is 13.8. The van der Waals surface area contributed by atoms with Gasteiger partial charge in [0.15, 0.2) is 0 Å². The summed E-state index contributed by atoms with van der Waals surface area (Å²) in [7, 11) is 0. The van der Waals surface area contributed by atoms with Gasteiger partial charge < -0.3 is 0 Å². The molecular weight excluding hydrogens is 871 g/mol. The van der Waals surface area contributed by atoms with E-state index in [4.69, 9.17) is 0 Å². The molecule has 52 heavy (non-hydrogen) atoms. The van der Waals surface area contributed by atoms with Gasteiger partial charge in [-0.2, -0.15) is 0 Å². The summed E-state index contributed by atoms with van der Waals surface area (Å²) < 4.78 is 3.87. The van der Waals surface area contributed by atoms with Crippen LogP contribution in [0.5, 0.6) is 0 Å². The Morgan fingerprint density at radius 3 is 0.692 bits per heavy atom. The van der Waals surface area contributed by atoms with Crippen LogP contribution in [0, 0.1) is 0 Å². The molecule has 0 saturated carbocycles. The number of hydrogen-bond donors (Lipinski definition) is 0. The number of thiazole rings is 3. The van der Waals surface area contributed by atoms with Gasteiger partial charge in [-0.05, 0) is 32.3 Å². The van der Waals surface area contributed by atoms with Gasteiger partial charge in [0.05, 0.1) is 47.2 Å². The Morgan fingerprint density at radius 1 is 0.250 bits per heavy atom. The van der Waals surface area contributed by atoms with Crippen molar-refractivity contribution in [2.24, 2.45) is 0 Å². The van der Waals surface area contributed by atoms with Crippen molar-refractivity contribution in [1.29, 1.82) is 0 Å². The molecular formula is C45H27IrN3S3. The largest absolute Gasteiger partial charge is 0.244 e. The van der Waals surface area contributed by atoms with E-state index in [9.17, 15) is 0 Å². The van der Waals surface area contributed by atoms with Crippen molar-refractivity contribution in [3.05, 3.63) is 162 Å². The zero-order chi connectivity index (χ0) is 33.7. The third kappa shape index (κ3) is 5.36. The van der Waals surface area contributed by atoms with Gasteiger partial charge in [-0.15, -0.1) is 34.0 Å². The first-order valence-electron chi connectivity index (χ1n) is 16.7. The van der Waals surface area contributed by atoms with Crippen molar-refractivity contribution >= 4 is 129 Å². The molecule has 3 aromatic heterocycles. The predicted octanol–water partition coefficient (Wildman–Crippen LogP) is 13.8. The zero-order valence-electron chi connectivity index (χ0n) is 27.5. The minimum absolute atomic E-state index is 0. The topological polar surface area (TPSA) is 38.7 Å². The molecule has 0 atom stereocenters. The Morgan fingerprint density at radius 2 is 0.442 bits per heavy atom. The summed E-state index contributed by atoms with van der Waals surface area (Å²) in [6.07, 6.45) is 0. The fraction of sp³-hybridized carbons (Fsp3) is 0. The van der Waals surface area contributed by atoms with E-state index in [0.717, 1.165) is 16.6 Å². The number of benzene rings is 9. The second-order valence-corrected chi connectivity index (χ2v) is 14.9. The van der Waals surface area contributed by atoms with Crippen LogP contribution < -0.4 is 0 Å². The number of hydrogen-bond acceptors (Lipinski definition) is 6. The van der Waals surface area contributed by atoms with E-state index in [2.05, 4.69) is 161 Å². The van der Waals surface area contributed by atoms with Gasteiger partial charge >= 0.3 is 0 Å². The van der Waals surface area contributed by atoms with Gasteiger partial charge in [0, 0.05) is 52.4 Å². The molecule has 0 fully saturated rings. The van der Waals surface area contributed by atoms with Gasteiger partial charge in [-0.25, -0.2) is 15.0 Å². The summed E-state index contributed by atoms with van der Waals surface area (Å²) in [6, 6.07) is 51.2. The summed E-state index contributed by atoms with van der Waals surface area (Å²) in [6.45, 7) is 0. The van der Waals surface area contributed by atoms with Crippen LogP contribution in [-0.2, 0) is 20.1 Å². The average Bonchev–Trinajstić information content (AvgIpc) is 4.01. The van der Waals surface area contributed by atoms with Crippen LogP contribution in [-0.4, -0.2) is 15.0 Å². The summed E-state index contributed by atoms with van der Waals surface area (Å²) in [5.41, 5.74) is 9.19. The Kier molecular flexibility index (Phi) is 8.67. The Bertz CT molecular complexity index is 2680. The molecule has 0 N–H and O–H groups in total. The summed E-state index contributed by atoms with van der Waals surface area (Å²) in [5, 5.41) is 15.5. The van der Waals surface area contributed by atoms with Crippen molar-refractivity contribution in [2.75, 3.05) is 0 Å². The quantitative estimate of drug-likeness (QED) is 0.142. The first-order valence-corrected chi connectivity index (χ1v) is 19.4. The average molecular weight is 898 g/mol. The second-order valence-electron chi connectivity index (χ2n) is 12.4. The molecule has 12 aromatic rings. The standard InChI is InChI=1S/3C15H9NS.Ir/c3*1-3-7-12-10(5-1)11-6-2-4-8-13(11)15-14(12)16-9-17-15;/h3*1-9H;. The third-order valence-corrected chi connectivity index (χ3v) is 12.2. The van der Waals surface area contributed by atoms with Crippen LogP contribution in [0.2, 0.25) is 0 Å². The normalized spacial score (nSPS) is 11.3. The number of aromatic nitrogens is 3. The maximum absolute atomic E-state index is 4.52. The Balaban J connectivity index is 0.000000103. The van der Waals surface area contributed by atoms with Crippen molar-refractivity contribution in [2.45, 2.75) is 0 Å². The molecule has 9 aromatic carbocycles. The van der Waals surface area contributed by atoms with Crippen LogP contribution >= 0.6 is 34.0 Å². The molecule has 249 valence electrons. The minimum Gasteiger partial charge on any atom is -0.244 e. The van der Waals surface area contributed by atoms with Gasteiger partial charge in [0.1, 0.15) is 0 Å². The summed E-state index contributed by atoms with van der Waals surface area (Å²) >= 11 is 5.16. The van der Waals surface area contributed by atoms with E-state index < -0.39 is 0 Å². The fourth-order valence-electron chi connectivity index (χ4n) is 7.41. The summed E-state index contributed by atoms with van der Waals surface area (Å²) in [5.74, 6) is 0. The zero-order valence-corrected chi connectivity index (χ0v) is 32.3. The van der Waals surface area contributed by atoms with E-state index >= 15 is 0 Å². The smallest absolute Gasteiger partial charge is 0.0896 e. The molecule has 7 heteroatoms. The summed E-state index contributed by atoms with van der Waals surface area (Å²) in [4.78, 5) is 13.5. The van der Waals surface area contributed by atoms with Gasteiger partial charge in [0.25, 0.3) is 0 Å². The first-order chi connectivity index (χ1) is 25.3. The Hall–Kier alpha value is -5.14. The van der Waals surface area contributed by atoms with Crippen LogP contribution in [0.4, 0.5) is 0 Å². The van der Waals surface area contributed by atoms with E-state index in [-0.39, 0.29) is 20.1 Å². The van der Waals surface area contributed by atoms with Crippen molar-refractivity contribution < 1.29 is 20.1 Å². The van der Waals surface area contributed by atoms with E-state index in [1.807, 2.05) is 16.5 Å². The molecule has 0 amide bonds. The number of rotatable bonds is 0. The molecule has 0 spiro atoms. The molecule has 0 aliphatic rings. The molecule has 0 aliphatic heterocycles. The first kappa shape index (κ1) is 32.7. The maximum Gasteiger partial charge on any atom is 0.0896 e. The molecule has 0 saturated heterocycles. The van der Waals surface area contributed by atoms with Gasteiger partial charge in [-0.1, -0.05) is 146 Å². The van der Waals surface area contributed by atoms with Crippen molar-refractivity contribution in [3.8, 4) is 0 Å². The molecule has 1 radical (unpaired) electrons. The van der Waals surface area contributed by atoms with Crippen LogP contribution in [0.1, 0.15) is 0 Å². The van der Waals surface area contributed by atoms with Crippen LogP contribution in [0.15, 0.2) is 162 Å². The van der Waals surface area contributed by atoms with Gasteiger partial charge in [0.2, 0.25) is 0 Å². The SMILES string of the molecule is [Ir].c1ccc2c(c1)c1ccccc1c1scnc21.c1ccc2c(c1)c1ccccc1c1scnc21.c1ccc2c(c1)c1ccccc1c1scnc21. The van der Waals surface area contributed by atoms with E-state index in [1.165, 1.54) is 78.7 Å². The van der Waals surface area contributed by atoms with E-state index in [0.29, 0.717) is 0 Å².